The van der Waals surface area contributed by atoms with Gasteiger partial charge in [-0.1, -0.05) is 4.49 Å². The number of nitrogens with one attached hydrogen (secondary N) is 2. The van der Waals surface area contributed by atoms with Crippen LogP contribution in [0, 0.1) is 6.92 Å². The molecule has 0 saturated carbocycles. The van der Waals surface area contributed by atoms with Gasteiger partial charge in [0.1, 0.15) is 10.8 Å². The first-order chi connectivity index (χ1) is 7.74. The minimum atomic E-state index is -0.357. The number of hydrogen-bond donors (Lipinski definition) is 2. The molecule has 0 atom stereocenters. The Bertz CT molecular complexity index is 484. The minimum Gasteiger partial charge on any atom is -0.296 e. The molecule has 0 spiro atoms. The summed E-state index contributed by atoms with van der Waals surface area (Å²) in [4.78, 5) is 15.5. The van der Waals surface area contributed by atoms with Crippen LogP contribution in [0.25, 0.3) is 0 Å². The summed E-state index contributed by atoms with van der Waals surface area (Å²) in [5.74, 6) is 0.509. The molecule has 0 saturated heterocycles. The normalized spacial score (nSPS) is 9.81. The molecule has 82 valence electrons. The summed E-state index contributed by atoms with van der Waals surface area (Å²) < 4.78 is 3.63. The number of aryl methyl sites for hydroxylation is 1. The Morgan fingerprint density at radius 2 is 2.31 bits per heavy atom. The lowest BCUT2D eigenvalue weighted by molar-refractivity contribution is 0.262. The van der Waals surface area contributed by atoms with Gasteiger partial charge in [0, 0.05) is 17.7 Å². The zero-order valence-corrected chi connectivity index (χ0v) is 9.28. The van der Waals surface area contributed by atoms with Crippen LogP contribution in [0.15, 0.2) is 24.5 Å². The average molecular weight is 235 g/mol. The van der Waals surface area contributed by atoms with E-state index >= 15 is 0 Å². The Kier molecular flexibility index (Phi) is 3.06. The van der Waals surface area contributed by atoms with Crippen LogP contribution >= 0.6 is 11.5 Å². The van der Waals surface area contributed by atoms with Crippen molar-refractivity contribution in [3.8, 4) is 0 Å². The van der Waals surface area contributed by atoms with Crippen LogP contribution < -0.4 is 10.6 Å². The number of nitrogens with zero attached hydrogens (tertiary/aromatic N) is 3. The third kappa shape index (κ3) is 2.74. The summed E-state index contributed by atoms with van der Waals surface area (Å²) >= 11 is 1.11. The van der Waals surface area contributed by atoms with Crippen LogP contribution in [-0.4, -0.2) is 20.6 Å². The number of carbonyl (C=O) groups excluding carboxylic acids is 1. The van der Waals surface area contributed by atoms with Crippen LogP contribution in [0.4, 0.5) is 15.6 Å². The predicted octanol–water partition coefficient (Wildman–Crippen LogP) is 1.89. The van der Waals surface area contributed by atoms with E-state index in [1.54, 1.807) is 12.3 Å². The number of carbonyl (C=O) groups is 1. The van der Waals surface area contributed by atoms with E-state index in [0.29, 0.717) is 10.8 Å². The number of anilines is 2. The Balaban J connectivity index is 1.97. The Morgan fingerprint density at radius 3 is 3.00 bits per heavy atom. The van der Waals surface area contributed by atoms with Gasteiger partial charge in [-0.3, -0.25) is 10.6 Å². The molecule has 0 aromatic carbocycles. The highest BCUT2D eigenvalue weighted by molar-refractivity contribution is 7.10. The van der Waals surface area contributed by atoms with Gasteiger partial charge in [0.15, 0.2) is 0 Å². The number of amides is 2. The lowest BCUT2D eigenvalue weighted by Gasteiger charge is -2.04. The van der Waals surface area contributed by atoms with Crippen molar-refractivity contribution < 1.29 is 4.79 Å². The van der Waals surface area contributed by atoms with Gasteiger partial charge in [0.05, 0.1) is 6.20 Å². The van der Waals surface area contributed by atoms with Crippen LogP contribution in [0.3, 0.4) is 0 Å². The van der Waals surface area contributed by atoms with Gasteiger partial charge < -0.3 is 0 Å². The number of pyridine rings is 1. The standard InChI is InChI=1S/C9H9N5OS/c1-6-2-3-10-7(4-6)12-9(15)13-8-5-11-14-16-8/h2-5H,1H3,(H2,10,12,13,15). The van der Waals surface area contributed by atoms with Crippen LogP contribution in [0.2, 0.25) is 0 Å². The first-order valence-electron chi connectivity index (χ1n) is 4.52. The van der Waals surface area contributed by atoms with Crippen molar-refractivity contribution >= 4 is 28.4 Å². The molecule has 2 N–H and O–H groups in total. The van der Waals surface area contributed by atoms with Crippen LogP contribution in [-0.2, 0) is 0 Å². The molecule has 0 radical (unpaired) electrons. The molecule has 2 amide bonds. The third-order valence-electron chi connectivity index (χ3n) is 1.76. The van der Waals surface area contributed by atoms with Crippen molar-refractivity contribution in [2.75, 3.05) is 10.6 Å². The summed E-state index contributed by atoms with van der Waals surface area (Å²) in [6.45, 7) is 1.93. The lowest BCUT2D eigenvalue weighted by Crippen LogP contribution is -2.19. The number of hydrogen-bond acceptors (Lipinski definition) is 5. The van der Waals surface area contributed by atoms with Crippen molar-refractivity contribution in [3.63, 3.8) is 0 Å². The van der Waals surface area contributed by atoms with Crippen LogP contribution in [0.1, 0.15) is 5.56 Å². The minimum absolute atomic E-state index is 0.357. The topological polar surface area (TPSA) is 79.8 Å². The average Bonchev–Trinajstić information content (AvgIpc) is 2.70. The van der Waals surface area contributed by atoms with Crippen molar-refractivity contribution in [1.82, 2.24) is 14.6 Å². The molecular formula is C9H9N5OS. The Labute approximate surface area is 95.9 Å². The highest BCUT2D eigenvalue weighted by Crippen LogP contribution is 2.10. The summed E-state index contributed by atoms with van der Waals surface area (Å²) in [6.07, 6.45) is 3.12. The molecule has 0 aliphatic rings. The molecule has 16 heavy (non-hydrogen) atoms. The van der Waals surface area contributed by atoms with E-state index in [9.17, 15) is 4.79 Å². The molecule has 2 rings (SSSR count). The van der Waals surface area contributed by atoms with Crippen molar-refractivity contribution in [3.05, 3.63) is 30.1 Å². The molecular weight excluding hydrogens is 226 g/mol. The quantitative estimate of drug-likeness (QED) is 0.833. The Morgan fingerprint density at radius 1 is 1.44 bits per heavy atom. The summed E-state index contributed by atoms with van der Waals surface area (Å²) in [5.41, 5.74) is 1.03. The van der Waals surface area contributed by atoms with Gasteiger partial charge in [-0.15, -0.1) is 5.10 Å². The second-order valence-electron chi connectivity index (χ2n) is 3.08. The zero-order chi connectivity index (χ0) is 11.4. The maximum absolute atomic E-state index is 11.5. The second kappa shape index (κ2) is 4.67. The molecule has 0 unspecified atom stereocenters. The van der Waals surface area contributed by atoms with Gasteiger partial charge in [-0.05, 0) is 24.6 Å². The maximum atomic E-state index is 11.5. The number of urea groups is 1. The molecule has 2 aromatic heterocycles. The lowest BCUT2D eigenvalue weighted by atomic mass is 10.3. The number of aromatic nitrogens is 3. The molecule has 6 nitrogen and oxygen atoms in total. The molecule has 0 aliphatic heterocycles. The second-order valence-corrected chi connectivity index (χ2v) is 3.87. The van der Waals surface area contributed by atoms with Gasteiger partial charge in [0.2, 0.25) is 0 Å². The summed E-state index contributed by atoms with van der Waals surface area (Å²) in [6, 6.07) is 3.28. The smallest absolute Gasteiger partial charge is 0.296 e. The first-order valence-corrected chi connectivity index (χ1v) is 5.29. The van der Waals surface area contributed by atoms with E-state index in [2.05, 4.69) is 25.2 Å². The molecule has 0 bridgehead atoms. The SMILES string of the molecule is Cc1ccnc(NC(=O)Nc2cnns2)c1. The van der Waals surface area contributed by atoms with Gasteiger partial charge in [-0.2, -0.15) is 0 Å². The maximum Gasteiger partial charge on any atom is 0.325 e. The van der Waals surface area contributed by atoms with Gasteiger partial charge in [-0.25, -0.2) is 9.78 Å². The van der Waals surface area contributed by atoms with Crippen molar-refractivity contribution in [2.24, 2.45) is 0 Å². The fourth-order valence-corrected chi connectivity index (χ4v) is 1.50. The predicted molar refractivity (Wildman–Crippen MR) is 61.5 cm³/mol. The molecule has 2 aromatic rings. The van der Waals surface area contributed by atoms with E-state index in [4.69, 9.17) is 0 Å². The Hall–Kier alpha value is -2.02. The van der Waals surface area contributed by atoms with E-state index < -0.39 is 0 Å². The number of rotatable bonds is 2. The fourth-order valence-electron chi connectivity index (χ4n) is 1.09. The largest absolute Gasteiger partial charge is 0.325 e. The van der Waals surface area contributed by atoms with E-state index in [0.717, 1.165) is 17.1 Å². The van der Waals surface area contributed by atoms with E-state index in [1.165, 1.54) is 6.20 Å². The molecule has 0 aliphatic carbocycles. The van der Waals surface area contributed by atoms with E-state index in [1.807, 2.05) is 13.0 Å². The molecule has 7 heteroatoms. The van der Waals surface area contributed by atoms with Crippen LogP contribution in [0.5, 0.6) is 0 Å². The zero-order valence-electron chi connectivity index (χ0n) is 8.47. The fraction of sp³-hybridized carbons (Fsp3) is 0.111. The van der Waals surface area contributed by atoms with Crippen molar-refractivity contribution in [1.29, 1.82) is 0 Å². The van der Waals surface area contributed by atoms with Gasteiger partial charge >= 0.3 is 6.03 Å². The van der Waals surface area contributed by atoms with E-state index in [-0.39, 0.29) is 6.03 Å². The van der Waals surface area contributed by atoms with Gasteiger partial charge in [0.25, 0.3) is 0 Å². The first kappa shape index (κ1) is 10.5. The summed E-state index contributed by atoms with van der Waals surface area (Å²) in [7, 11) is 0. The molecule has 2 heterocycles. The third-order valence-corrected chi connectivity index (χ3v) is 2.34. The highest BCUT2D eigenvalue weighted by Gasteiger charge is 2.04. The highest BCUT2D eigenvalue weighted by atomic mass is 32.1. The van der Waals surface area contributed by atoms with Crippen molar-refractivity contribution in [2.45, 2.75) is 6.92 Å². The summed E-state index contributed by atoms with van der Waals surface area (Å²) in [5, 5.41) is 9.40. The monoisotopic (exact) mass is 235 g/mol. The molecule has 0 fully saturated rings.